The normalized spacial score (nSPS) is 14.4. The molecule has 0 radical (unpaired) electrons. The lowest BCUT2D eigenvalue weighted by Crippen LogP contribution is -2.50. The van der Waals surface area contributed by atoms with Crippen molar-refractivity contribution in [3.05, 3.63) is 47.5 Å². The summed E-state index contributed by atoms with van der Waals surface area (Å²) in [4.78, 5) is 16.0. The first-order valence-electron chi connectivity index (χ1n) is 8.27. The minimum atomic E-state index is -2.97. The van der Waals surface area contributed by atoms with Gasteiger partial charge in [-0.3, -0.25) is 0 Å². The molecule has 1 aliphatic rings. The van der Waals surface area contributed by atoms with Gasteiger partial charge in [0, 0.05) is 31.9 Å². The van der Waals surface area contributed by atoms with Crippen LogP contribution < -0.4 is 15.0 Å². The zero-order valence-electron chi connectivity index (χ0n) is 14.2. The number of piperazine rings is 1. The number of ether oxygens (including phenoxy) is 1. The second kappa shape index (κ2) is 8.30. The molecule has 3 rings (SSSR count). The number of aromatic hydroxyl groups is 1. The topological polar surface area (TPSA) is 65.0 Å². The van der Waals surface area contributed by atoms with Crippen molar-refractivity contribution in [2.45, 2.75) is 6.61 Å². The summed E-state index contributed by atoms with van der Waals surface area (Å²) >= 11 is 5.89. The zero-order valence-corrected chi connectivity index (χ0v) is 15.0. The van der Waals surface area contributed by atoms with Gasteiger partial charge in [-0.2, -0.15) is 8.78 Å². The van der Waals surface area contributed by atoms with Gasteiger partial charge >= 0.3 is 12.6 Å². The number of urea groups is 1. The third-order valence-corrected chi connectivity index (χ3v) is 4.48. The summed E-state index contributed by atoms with van der Waals surface area (Å²) in [6, 6.07) is 10.8. The van der Waals surface area contributed by atoms with Gasteiger partial charge in [0.25, 0.3) is 0 Å². The number of halogens is 3. The summed E-state index contributed by atoms with van der Waals surface area (Å²) in [6.45, 7) is -0.871. The van der Waals surface area contributed by atoms with E-state index in [-0.39, 0.29) is 22.6 Å². The molecular formula is C18H18ClF2N3O3. The molecule has 0 aliphatic carbocycles. The molecule has 0 spiro atoms. The Kier molecular flexibility index (Phi) is 5.85. The Labute approximate surface area is 159 Å². The van der Waals surface area contributed by atoms with Crippen molar-refractivity contribution in [1.82, 2.24) is 4.90 Å². The third kappa shape index (κ3) is 4.71. The van der Waals surface area contributed by atoms with Crippen molar-refractivity contribution in [3.8, 4) is 11.5 Å². The van der Waals surface area contributed by atoms with Crippen molar-refractivity contribution in [1.29, 1.82) is 0 Å². The first-order valence-corrected chi connectivity index (χ1v) is 8.65. The highest BCUT2D eigenvalue weighted by atomic mass is 35.5. The number of alkyl halides is 2. The lowest BCUT2D eigenvalue weighted by atomic mass is 10.2. The van der Waals surface area contributed by atoms with E-state index in [0.29, 0.717) is 31.9 Å². The van der Waals surface area contributed by atoms with Crippen molar-refractivity contribution in [2.24, 2.45) is 0 Å². The number of phenolic OH excluding ortho intramolecular Hbond substituents is 1. The van der Waals surface area contributed by atoms with Crippen LogP contribution in [0.25, 0.3) is 0 Å². The number of para-hydroxylation sites is 2. The van der Waals surface area contributed by atoms with Crippen molar-refractivity contribution < 1.29 is 23.4 Å². The van der Waals surface area contributed by atoms with Gasteiger partial charge in [0.05, 0.1) is 10.7 Å². The van der Waals surface area contributed by atoms with Gasteiger partial charge in [-0.25, -0.2) is 4.79 Å². The van der Waals surface area contributed by atoms with Crippen LogP contribution in [-0.4, -0.2) is 48.8 Å². The summed E-state index contributed by atoms with van der Waals surface area (Å²) in [5.74, 6) is 0.0529. The van der Waals surface area contributed by atoms with E-state index in [1.54, 1.807) is 17.0 Å². The number of nitrogens with one attached hydrogen (secondary N) is 1. The highest BCUT2D eigenvalue weighted by Gasteiger charge is 2.22. The Morgan fingerprint density at radius 2 is 1.85 bits per heavy atom. The predicted octanol–water partition coefficient (Wildman–Crippen LogP) is 4.00. The number of nitrogens with zero attached hydrogens (tertiary/aromatic N) is 2. The second-order valence-corrected chi connectivity index (χ2v) is 6.32. The van der Waals surface area contributed by atoms with Crippen LogP contribution in [0.1, 0.15) is 0 Å². The van der Waals surface area contributed by atoms with Crippen LogP contribution in [0, 0.1) is 0 Å². The summed E-state index contributed by atoms with van der Waals surface area (Å²) in [5, 5.41) is 12.6. The third-order valence-electron chi connectivity index (χ3n) is 4.19. The number of phenols is 1. The second-order valence-electron chi connectivity index (χ2n) is 5.92. The van der Waals surface area contributed by atoms with Crippen LogP contribution >= 0.6 is 11.6 Å². The van der Waals surface area contributed by atoms with Crippen LogP contribution in [-0.2, 0) is 0 Å². The maximum Gasteiger partial charge on any atom is 0.387 e. The highest BCUT2D eigenvalue weighted by Crippen LogP contribution is 2.30. The van der Waals surface area contributed by atoms with Crippen molar-refractivity contribution in [2.75, 3.05) is 36.4 Å². The summed E-state index contributed by atoms with van der Waals surface area (Å²) in [6.07, 6.45) is 0. The molecule has 0 saturated carbocycles. The van der Waals surface area contributed by atoms with E-state index in [0.717, 1.165) is 5.69 Å². The van der Waals surface area contributed by atoms with Gasteiger partial charge in [-0.1, -0.05) is 23.7 Å². The van der Waals surface area contributed by atoms with E-state index in [4.69, 9.17) is 11.6 Å². The molecule has 2 aromatic rings. The van der Waals surface area contributed by atoms with Crippen LogP contribution in [0.15, 0.2) is 42.5 Å². The average Bonchev–Trinajstić information content (AvgIpc) is 2.64. The number of carbonyl (C=O) groups is 1. The smallest absolute Gasteiger partial charge is 0.387 e. The SMILES string of the molecule is O=C(Nc1ccc(OC(F)F)c(Cl)c1)N1CCN(c2ccccc2O)CC1. The summed E-state index contributed by atoms with van der Waals surface area (Å²) in [7, 11) is 0. The largest absolute Gasteiger partial charge is 0.506 e. The molecule has 2 aromatic carbocycles. The number of hydrogen-bond acceptors (Lipinski definition) is 4. The molecular weight excluding hydrogens is 380 g/mol. The number of hydrogen-bond donors (Lipinski definition) is 2. The van der Waals surface area contributed by atoms with Gasteiger partial charge in [0.2, 0.25) is 0 Å². The molecule has 0 atom stereocenters. The Bertz CT molecular complexity index is 814. The maximum atomic E-state index is 12.4. The molecule has 1 fully saturated rings. The van der Waals surface area contributed by atoms with E-state index < -0.39 is 6.61 Å². The molecule has 0 aromatic heterocycles. The molecule has 27 heavy (non-hydrogen) atoms. The number of benzene rings is 2. The van der Waals surface area contributed by atoms with Crippen LogP contribution in [0.2, 0.25) is 5.02 Å². The van der Waals surface area contributed by atoms with E-state index >= 15 is 0 Å². The molecule has 2 N–H and O–H groups in total. The molecule has 0 unspecified atom stereocenters. The molecule has 2 amide bonds. The van der Waals surface area contributed by atoms with Gasteiger partial charge in [0.15, 0.2) is 0 Å². The lowest BCUT2D eigenvalue weighted by molar-refractivity contribution is -0.0497. The Hall–Kier alpha value is -2.74. The number of amides is 2. The van der Waals surface area contributed by atoms with Gasteiger partial charge in [-0.05, 0) is 30.3 Å². The minimum Gasteiger partial charge on any atom is -0.506 e. The summed E-state index contributed by atoms with van der Waals surface area (Å²) in [5.41, 5.74) is 1.12. The van der Waals surface area contributed by atoms with Crippen LogP contribution in [0.4, 0.5) is 25.0 Å². The molecule has 0 bridgehead atoms. The maximum absolute atomic E-state index is 12.4. The van der Waals surface area contributed by atoms with E-state index in [2.05, 4.69) is 10.1 Å². The molecule has 1 heterocycles. The fourth-order valence-corrected chi connectivity index (χ4v) is 3.08. The van der Waals surface area contributed by atoms with Gasteiger partial charge < -0.3 is 25.0 Å². The monoisotopic (exact) mass is 397 g/mol. The average molecular weight is 398 g/mol. The van der Waals surface area contributed by atoms with Crippen molar-refractivity contribution >= 4 is 29.0 Å². The van der Waals surface area contributed by atoms with Gasteiger partial charge in [-0.15, -0.1) is 0 Å². The zero-order chi connectivity index (χ0) is 19.4. The highest BCUT2D eigenvalue weighted by molar-refractivity contribution is 6.32. The molecule has 9 heteroatoms. The molecule has 1 saturated heterocycles. The lowest BCUT2D eigenvalue weighted by Gasteiger charge is -2.36. The molecule has 6 nitrogen and oxygen atoms in total. The number of rotatable bonds is 4. The Balaban J connectivity index is 1.57. The Morgan fingerprint density at radius 1 is 1.15 bits per heavy atom. The fraction of sp³-hybridized carbons (Fsp3) is 0.278. The first kappa shape index (κ1) is 19.0. The minimum absolute atomic E-state index is 0.0162. The van der Waals surface area contributed by atoms with Crippen LogP contribution in [0.5, 0.6) is 11.5 Å². The van der Waals surface area contributed by atoms with Crippen molar-refractivity contribution in [3.63, 3.8) is 0 Å². The predicted molar refractivity (Wildman–Crippen MR) is 99.0 cm³/mol. The first-order chi connectivity index (χ1) is 12.9. The Morgan fingerprint density at radius 3 is 2.48 bits per heavy atom. The fourth-order valence-electron chi connectivity index (χ4n) is 2.85. The van der Waals surface area contributed by atoms with Gasteiger partial charge in [0.1, 0.15) is 11.5 Å². The summed E-state index contributed by atoms with van der Waals surface area (Å²) < 4.78 is 28.8. The molecule has 144 valence electrons. The van der Waals surface area contributed by atoms with Crippen LogP contribution in [0.3, 0.4) is 0 Å². The van der Waals surface area contributed by atoms with E-state index in [9.17, 15) is 18.7 Å². The van der Waals surface area contributed by atoms with E-state index in [1.807, 2.05) is 17.0 Å². The number of anilines is 2. The van der Waals surface area contributed by atoms with E-state index in [1.165, 1.54) is 18.2 Å². The quantitative estimate of drug-likeness (QED) is 0.818. The standard InChI is InChI=1S/C18H18ClF2N3O3/c19-13-11-12(5-6-16(13)27-17(20)21)22-18(26)24-9-7-23(8-10-24)14-3-1-2-4-15(14)25/h1-6,11,17,25H,7-10H2,(H,22,26). The number of carbonyl (C=O) groups excluding carboxylic acids is 1. The molecule has 1 aliphatic heterocycles.